The summed E-state index contributed by atoms with van der Waals surface area (Å²) in [7, 11) is 0. The van der Waals surface area contributed by atoms with Gasteiger partial charge in [0.15, 0.2) is 0 Å². The van der Waals surface area contributed by atoms with Crippen LogP contribution in [0.2, 0.25) is 0 Å². The molecular formula is C13H18FN3O2. The van der Waals surface area contributed by atoms with Gasteiger partial charge in [-0.05, 0) is 31.0 Å². The van der Waals surface area contributed by atoms with E-state index in [0.29, 0.717) is 31.6 Å². The molecule has 6 heteroatoms. The fraction of sp³-hybridized carbons (Fsp3) is 0.462. The van der Waals surface area contributed by atoms with Crippen LogP contribution in [0.3, 0.4) is 0 Å². The molecule has 19 heavy (non-hydrogen) atoms. The summed E-state index contributed by atoms with van der Waals surface area (Å²) in [4.78, 5) is 13.8. The highest BCUT2D eigenvalue weighted by Crippen LogP contribution is 2.19. The van der Waals surface area contributed by atoms with Gasteiger partial charge >= 0.3 is 0 Å². The van der Waals surface area contributed by atoms with Gasteiger partial charge in [0, 0.05) is 13.1 Å². The van der Waals surface area contributed by atoms with Crippen molar-refractivity contribution in [1.29, 1.82) is 0 Å². The number of nitrogens with zero attached hydrogens (tertiary/aromatic N) is 1. The average Bonchev–Trinajstić information content (AvgIpc) is 2.36. The minimum Gasteiger partial charge on any atom is -0.397 e. The van der Waals surface area contributed by atoms with Crippen molar-refractivity contribution in [2.45, 2.75) is 18.9 Å². The summed E-state index contributed by atoms with van der Waals surface area (Å²) in [6, 6.07) is 3.87. The number of nitrogen functional groups attached to an aromatic ring is 1. The maximum absolute atomic E-state index is 12.9. The Balaban J connectivity index is 1.87. The van der Waals surface area contributed by atoms with Gasteiger partial charge in [0.2, 0.25) is 5.91 Å². The number of carbonyl (C=O) groups excluding carboxylic acids is 1. The molecule has 0 spiro atoms. The van der Waals surface area contributed by atoms with E-state index in [1.807, 2.05) is 4.90 Å². The van der Waals surface area contributed by atoms with Crippen molar-refractivity contribution in [1.82, 2.24) is 4.90 Å². The molecule has 1 fully saturated rings. The van der Waals surface area contributed by atoms with E-state index in [1.165, 1.54) is 18.2 Å². The molecule has 5 nitrogen and oxygen atoms in total. The smallest absolute Gasteiger partial charge is 0.238 e. The largest absolute Gasteiger partial charge is 0.397 e. The van der Waals surface area contributed by atoms with Gasteiger partial charge in [0.1, 0.15) is 5.82 Å². The normalized spacial score (nSPS) is 17.4. The topological polar surface area (TPSA) is 78.6 Å². The number of anilines is 2. The first-order valence-corrected chi connectivity index (χ1v) is 6.30. The zero-order chi connectivity index (χ0) is 13.8. The average molecular weight is 267 g/mol. The van der Waals surface area contributed by atoms with Crippen LogP contribution in [-0.2, 0) is 4.79 Å². The molecule has 0 unspecified atom stereocenters. The Bertz CT molecular complexity index is 459. The Morgan fingerprint density at radius 3 is 2.79 bits per heavy atom. The number of nitrogens with one attached hydrogen (secondary N) is 1. The van der Waals surface area contributed by atoms with Crippen LogP contribution < -0.4 is 11.1 Å². The molecule has 0 atom stereocenters. The van der Waals surface area contributed by atoms with Crippen molar-refractivity contribution in [3.05, 3.63) is 24.0 Å². The van der Waals surface area contributed by atoms with E-state index in [1.54, 1.807) is 0 Å². The molecule has 2 rings (SSSR count). The molecule has 4 N–H and O–H groups in total. The Morgan fingerprint density at radius 1 is 1.47 bits per heavy atom. The third-order valence-corrected chi connectivity index (χ3v) is 3.21. The first-order valence-electron chi connectivity index (χ1n) is 6.30. The van der Waals surface area contributed by atoms with E-state index in [9.17, 15) is 14.3 Å². The highest BCUT2D eigenvalue weighted by Gasteiger charge is 2.19. The standard InChI is InChI=1S/C13H18FN3O2/c14-9-1-2-12(11(15)7-9)16-13(19)8-17-5-3-10(18)4-6-17/h1-2,7,10,18H,3-6,8,15H2,(H,16,19). The summed E-state index contributed by atoms with van der Waals surface area (Å²) < 4.78 is 12.9. The van der Waals surface area contributed by atoms with Crippen molar-refractivity contribution >= 4 is 17.3 Å². The SMILES string of the molecule is Nc1cc(F)ccc1NC(=O)CN1CCC(O)CC1. The van der Waals surface area contributed by atoms with Gasteiger partial charge in [-0.3, -0.25) is 9.69 Å². The zero-order valence-corrected chi connectivity index (χ0v) is 10.6. The second-order valence-electron chi connectivity index (χ2n) is 4.79. The van der Waals surface area contributed by atoms with Crippen molar-refractivity contribution in [2.24, 2.45) is 0 Å². The number of hydrogen-bond acceptors (Lipinski definition) is 4. The van der Waals surface area contributed by atoms with Gasteiger partial charge in [-0.15, -0.1) is 0 Å². The number of hydrogen-bond donors (Lipinski definition) is 3. The van der Waals surface area contributed by atoms with Crippen LogP contribution in [0.15, 0.2) is 18.2 Å². The van der Waals surface area contributed by atoms with E-state index in [0.717, 1.165) is 0 Å². The summed E-state index contributed by atoms with van der Waals surface area (Å²) in [6.45, 7) is 1.66. The molecule has 0 aliphatic carbocycles. The lowest BCUT2D eigenvalue weighted by Crippen LogP contribution is -2.40. The molecular weight excluding hydrogens is 249 g/mol. The Morgan fingerprint density at radius 2 is 2.16 bits per heavy atom. The summed E-state index contributed by atoms with van der Waals surface area (Å²) in [5.41, 5.74) is 6.25. The number of nitrogens with two attached hydrogens (primary N) is 1. The van der Waals surface area contributed by atoms with Crippen molar-refractivity contribution in [3.8, 4) is 0 Å². The number of amides is 1. The lowest BCUT2D eigenvalue weighted by atomic mass is 10.1. The Labute approximate surface area is 111 Å². The molecule has 1 amide bonds. The minimum atomic E-state index is -0.430. The van der Waals surface area contributed by atoms with Gasteiger partial charge in [0.05, 0.1) is 24.0 Å². The molecule has 1 aliphatic rings. The Hall–Kier alpha value is -1.66. The Kier molecular flexibility index (Phi) is 4.34. The number of aliphatic hydroxyl groups excluding tert-OH is 1. The summed E-state index contributed by atoms with van der Waals surface area (Å²) in [5, 5.41) is 12.0. The highest BCUT2D eigenvalue weighted by atomic mass is 19.1. The van der Waals surface area contributed by atoms with E-state index in [2.05, 4.69) is 5.32 Å². The molecule has 1 aromatic rings. The fourth-order valence-corrected chi connectivity index (χ4v) is 2.12. The van der Waals surface area contributed by atoms with E-state index < -0.39 is 5.82 Å². The van der Waals surface area contributed by atoms with Crippen LogP contribution >= 0.6 is 0 Å². The molecule has 0 saturated carbocycles. The van der Waals surface area contributed by atoms with Gasteiger partial charge < -0.3 is 16.2 Å². The first-order chi connectivity index (χ1) is 9.04. The van der Waals surface area contributed by atoms with E-state index in [-0.39, 0.29) is 24.2 Å². The number of benzene rings is 1. The van der Waals surface area contributed by atoms with Gasteiger partial charge in [-0.25, -0.2) is 4.39 Å². The molecule has 1 aromatic carbocycles. The number of aliphatic hydroxyl groups is 1. The van der Waals surface area contributed by atoms with Gasteiger partial charge in [0.25, 0.3) is 0 Å². The van der Waals surface area contributed by atoms with Gasteiger partial charge in [-0.2, -0.15) is 0 Å². The summed E-state index contributed by atoms with van der Waals surface area (Å²) in [6.07, 6.45) is 1.12. The van der Waals surface area contributed by atoms with Crippen LogP contribution in [0.1, 0.15) is 12.8 Å². The first kappa shape index (κ1) is 13.8. The van der Waals surface area contributed by atoms with Crippen LogP contribution in [0.5, 0.6) is 0 Å². The second kappa shape index (κ2) is 5.99. The predicted molar refractivity (Wildman–Crippen MR) is 71.1 cm³/mol. The minimum absolute atomic E-state index is 0.185. The molecule has 104 valence electrons. The highest BCUT2D eigenvalue weighted by molar-refractivity contribution is 5.95. The number of rotatable bonds is 3. The number of piperidine rings is 1. The van der Waals surface area contributed by atoms with Crippen LogP contribution in [0.25, 0.3) is 0 Å². The number of likely N-dealkylation sites (tertiary alicyclic amines) is 1. The van der Waals surface area contributed by atoms with E-state index >= 15 is 0 Å². The maximum atomic E-state index is 12.9. The quantitative estimate of drug-likeness (QED) is 0.708. The molecule has 1 saturated heterocycles. The molecule has 0 bridgehead atoms. The molecule has 1 heterocycles. The fourth-order valence-electron chi connectivity index (χ4n) is 2.12. The lowest BCUT2D eigenvalue weighted by Gasteiger charge is -2.28. The van der Waals surface area contributed by atoms with Crippen LogP contribution in [0.4, 0.5) is 15.8 Å². The predicted octanol–water partition coefficient (Wildman–Crippen LogP) is 0.803. The zero-order valence-electron chi connectivity index (χ0n) is 10.6. The van der Waals surface area contributed by atoms with Crippen molar-refractivity contribution < 1.29 is 14.3 Å². The monoisotopic (exact) mass is 267 g/mol. The van der Waals surface area contributed by atoms with Crippen LogP contribution in [-0.4, -0.2) is 41.7 Å². The molecule has 0 aromatic heterocycles. The van der Waals surface area contributed by atoms with Crippen LogP contribution in [0, 0.1) is 5.82 Å². The second-order valence-corrected chi connectivity index (χ2v) is 4.79. The summed E-state index contributed by atoms with van der Waals surface area (Å²) >= 11 is 0. The third kappa shape index (κ3) is 3.90. The molecule has 0 radical (unpaired) electrons. The maximum Gasteiger partial charge on any atom is 0.238 e. The van der Waals surface area contributed by atoms with Crippen molar-refractivity contribution in [3.63, 3.8) is 0 Å². The van der Waals surface area contributed by atoms with Gasteiger partial charge in [-0.1, -0.05) is 0 Å². The molecule has 1 aliphatic heterocycles. The lowest BCUT2D eigenvalue weighted by molar-refractivity contribution is -0.117. The third-order valence-electron chi connectivity index (χ3n) is 3.21. The van der Waals surface area contributed by atoms with E-state index in [4.69, 9.17) is 5.73 Å². The summed E-state index contributed by atoms with van der Waals surface area (Å²) in [5.74, 6) is -0.616. The number of halogens is 1. The van der Waals surface area contributed by atoms with Crippen molar-refractivity contribution in [2.75, 3.05) is 30.7 Å². The number of carbonyl (C=O) groups is 1.